The number of anilines is 1. The van der Waals surface area contributed by atoms with Gasteiger partial charge >= 0.3 is 0 Å². The summed E-state index contributed by atoms with van der Waals surface area (Å²) < 4.78 is 0. The molecule has 1 aromatic carbocycles. The predicted molar refractivity (Wildman–Crippen MR) is 102 cm³/mol. The number of aromatic amines is 1. The number of unbranched alkanes of at least 4 members (excludes halogenated alkanes) is 1. The first-order valence-corrected chi connectivity index (χ1v) is 8.83. The van der Waals surface area contributed by atoms with Crippen LogP contribution in [-0.4, -0.2) is 28.5 Å². The van der Waals surface area contributed by atoms with Crippen LogP contribution in [0.15, 0.2) is 30.3 Å². The highest BCUT2D eigenvalue weighted by molar-refractivity contribution is 6.34. The van der Waals surface area contributed by atoms with Gasteiger partial charge in [0.25, 0.3) is 0 Å². The normalized spacial score (nSPS) is 11.2. The number of H-pyrrole nitrogens is 1. The number of rotatable bonds is 6. The van der Waals surface area contributed by atoms with E-state index in [9.17, 15) is 0 Å². The van der Waals surface area contributed by atoms with Gasteiger partial charge in [0.1, 0.15) is 5.15 Å². The van der Waals surface area contributed by atoms with Gasteiger partial charge in [0.15, 0.2) is 5.65 Å². The molecule has 0 radical (unpaired) electrons. The third-order valence-corrected chi connectivity index (χ3v) is 4.44. The highest BCUT2D eigenvalue weighted by Gasteiger charge is 2.08. The van der Waals surface area contributed by atoms with Crippen molar-refractivity contribution in [3.63, 3.8) is 0 Å². The largest absolute Gasteiger partial charge is 0.345 e. The number of aromatic nitrogens is 3. The third-order valence-electron chi connectivity index (χ3n) is 3.79. The third kappa shape index (κ3) is 4.32. The van der Waals surface area contributed by atoms with Crippen LogP contribution in [0.2, 0.25) is 15.2 Å². The number of fused-ring (bicyclic) bond motifs is 1. The standard InChI is InChI=1S/C17H17Cl3N4/c1-24(17-21-14-5-6-15(20)22-16(14)23-17)7-3-2-4-11-8-12(18)10-13(19)9-11/h5-6,8-10H,2-4,7H2,1H3,(H,21,22,23). The summed E-state index contributed by atoms with van der Waals surface area (Å²) in [7, 11) is 2.01. The minimum absolute atomic E-state index is 0.448. The molecule has 0 atom stereocenters. The van der Waals surface area contributed by atoms with Crippen LogP contribution >= 0.6 is 34.8 Å². The molecule has 0 saturated carbocycles. The molecule has 0 bridgehead atoms. The Kier molecular flexibility index (Phi) is 5.49. The van der Waals surface area contributed by atoms with Gasteiger partial charge in [-0.05, 0) is 55.2 Å². The van der Waals surface area contributed by atoms with Gasteiger partial charge < -0.3 is 9.88 Å². The van der Waals surface area contributed by atoms with E-state index in [0.29, 0.717) is 20.8 Å². The molecule has 2 aromatic heterocycles. The van der Waals surface area contributed by atoms with Crippen LogP contribution in [0, 0.1) is 0 Å². The fraction of sp³-hybridized carbons (Fsp3) is 0.294. The number of imidazole rings is 1. The topological polar surface area (TPSA) is 44.8 Å². The lowest BCUT2D eigenvalue weighted by molar-refractivity contribution is 0.712. The Morgan fingerprint density at radius 1 is 1.00 bits per heavy atom. The highest BCUT2D eigenvalue weighted by atomic mass is 35.5. The number of hydrogen-bond acceptors (Lipinski definition) is 3. The van der Waals surface area contributed by atoms with E-state index in [2.05, 4.69) is 19.9 Å². The minimum Gasteiger partial charge on any atom is -0.345 e. The van der Waals surface area contributed by atoms with Gasteiger partial charge in [0.2, 0.25) is 5.95 Å². The van der Waals surface area contributed by atoms with Gasteiger partial charge in [-0.15, -0.1) is 0 Å². The van der Waals surface area contributed by atoms with Gasteiger partial charge in [-0.25, -0.2) is 4.98 Å². The van der Waals surface area contributed by atoms with Gasteiger partial charge in [-0.1, -0.05) is 34.8 Å². The Morgan fingerprint density at radius 2 is 1.75 bits per heavy atom. The maximum Gasteiger partial charge on any atom is 0.205 e. The summed E-state index contributed by atoms with van der Waals surface area (Å²) in [6, 6.07) is 9.32. The lowest BCUT2D eigenvalue weighted by Crippen LogP contribution is -2.19. The van der Waals surface area contributed by atoms with Gasteiger partial charge in [-0.3, -0.25) is 0 Å². The first-order chi connectivity index (χ1) is 11.5. The van der Waals surface area contributed by atoms with Gasteiger partial charge in [0.05, 0.1) is 5.52 Å². The SMILES string of the molecule is CN(CCCCc1cc(Cl)cc(Cl)c1)c1nc2nc(Cl)ccc2[nH]1. The summed E-state index contributed by atoms with van der Waals surface area (Å²) in [6.45, 7) is 0.891. The van der Waals surface area contributed by atoms with Crippen molar-refractivity contribution < 1.29 is 0 Å². The Balaban J connectivity index is 1.53. The summed E-state index contributed by atoms with van der Waals surface area (Å²) in [5.41, 5.74) is 2.69. The first-order valence-electron chi connectivity index (χ1n) is 7.69. The molecule has 3 aromatic rings. The van der Waals surface area contributed by atoms with E-state index >= 15 is 0 Å². The monoisotopic (exact) mass is 382 g/mol. The van der Waals surface area contributed by atoms with Crippen molar-refractivity contribution in [1.29, 1.82) is 0 Å². The summed E-state index contributed by atoms with van der Waals surface area (Å²) in [5, 5.41) is 1.81. The molecule has 0 fully saturated rings. The number of pyridine rings is 1. The number of nitrogens with zero attached hydrogens (tertiary/aromatic N) is 3. The van der Waals surface area contributed by atoms with E-state index in [1.165, 1.54) is 0 Å². The molecule has 0 amide bonds. The smallest absolute Gasteiger partial charge is 0.205 e. The Hall–Kier alpha value is -1.49. The molecule has 0 aliphatic rings. The van der Waals surface area contributed by atoms with Crippen molar-refractivity contribution in [2.75, 3.05) is 18.5 Å². The van der Waals surface area contributed by atoms with E-state index in [4.69, 9.17) is 34.8 Å². The number of nitrogens with one attached hydrogen (secondary N) is 1. The fourth-order valence-corrected chi connectivity index (χ4v) is 3.29. The summed E-state index contributed by atoms with van der Waals surface area (Å²) in [5.74, 6) is 0.797. The second kappa shape index (κ2) is 7.60. The molecule has 0 aliphatic heterocycles. The minimum atomic E-state index is 0.448. The van der Waals surface area contributed by atoms with Crippen LogP contribution in [0.4, 0.5) is 5.95 Å². The predicted octanol–water partition coefficient (Wildman–Crippen LogP) is 5.38. The molecule has 0 spiro atoms. The molecule has 1 N–H and O–H groups in total. The Bertz CT molecular complexity index is 827. The molecule has 24 heavy (non-hydrogen) atoms. The maximum atomic E-state index is 6.02. The number of benzene rings is 1. The van der Waals surface area contributed by atoms with Crippen molar-refractivity contribution in [3.8, 4) is 0 Å². The van der Waals surface area contributed by atoms with E-state index in [0.717, 1.165) is 42.8 Å². The molecule has 7 heteroatoms. The van der Waals surface area contributed by atoms with Crippen molar-refractivity contribution >= 4 is 51.9 Å². The molecule has 4 nitrogen and oxygen atoms in total. The summed E-state index contributed by atoms with van der Waals surface area (Å²) >= 11 is 17.9. The molecule has 0 saturated heterocycles. The molecule has 2 heterocycles. The lowest BCUT2D eigenvalue weighted by Gasteiger charge is -2.15. The van der Waals surface area contributed by atoms with Crippen molar-refractivity contribution in [2.24, 2.45) is 0 Å². The molecule has 0 unspecified atom stereocenters. The zero-order chi connectivity index (χ0) is 17.1. The first kappa shape index (κ1) is 17.3. The second-order valence-electron chi connectivity index (χ2n) is 5.72. The zero-order valence-electron chi connectivity index (χ0n) is 13.2. The zero-order valence-corrected chi connectivity index (χ0v) is 15.5. The van der Waals surface area contributed by atoms with E-state index < -0.39 is 0 Å². The van der Waals surface area contributed by atoms with E-state index in [1.54, 1.807) is 12.1 Å². The van der Waals surface area contributed by atoms with Crippen LogP contribution in [0.5, 0.6) is 0 Å². The number of aryl methyl sites for hydroxylation is 1. The van der Waals surface area contributed by atoms with Crippen LogP contribution < -0.4 is 4.90 Å². The molecular formula is C17H17Cl3N4. The van der Waals surface area contributed by atoms with Gasteiger partial charge in [0, 0.05) is 23.6 Å². The average Bonchev–Trinajstić information content (AvgIpc) is 2.93. The molecule has 3 rings (SSSR count). The van der Waals surface area contributed by atoms with Crippen molar-refractivity contribution in [2.45, 2.75) is 19.3 Å². The quantitative estimate of drug-likeness (QED) is 0.459. The van der Waals surface area contributed by atoms with Crippen LogP contribution in [0.3, 0.4) is 0 Å². The number of halogens is 3. The van der Waals surface area contributed by atoms with E-state index in [-0.39, 0.29) is 0 Å². The number of hydrogen-bond donors (Lipinski definition) is 1. The highest BCUT2D eigenvalue weighted by Crippen LogP contribution is 2.21. The van der Waals surface area contributed by atoms with Crippen molar-refractivity contribution in [1.82, 2.24) is 15.0 Å². The summed E-state index contributed by atoms with van der Waals surface area (Å²) in [6.07, 6.45) is 3.03. The van der Waals surface area contributed by atoms with Crippen molar-refractivity contribution in [3.05, 3.63) is 51.1 Å². The fourth-order valence-electron chi connectivity index (χ4n) is 2.58. The Labute approximate surface area is 155 Å². The Morgan fingerprint density at radius 3 is 2.50 bits per heavy atom. The lowest BCUT2D eigenvalue weighted by atomic mass is 10.1. The van der Waals surface area contributed by atoms with Crippen LogP contribution in [0.25, 0.3) is 11.2 Å². The van der Waals surface area contributed by atoms with Crippen LogP contribution in [-0.2, 0) is 6.42 Å². The molecular weight excluding hydrogens is 367 g/mol. The van der Waals surface area contributed by atoms with E-state index in [1.807, 2.05) is 25.2 Å². The summed E-state index contributed by atoms with van der Waals surface area (Å²) in [4.78, 5) is 14.0. The molecule has 0 aliphatic carbocycles. The van der Waals surface area contributed by atoms with Crippen LogP contribution in [0.1, 0.15) is 18.4 Å². The molecule has 126 valence electrons. The average molecular weight is 384 g/mol. The van der Waals surface area contributed by atoms with Gasteiger partial charge in [-0.2, -0.15) is 4.98 Å². The second-order valence-corrected chi connectivity index (χ2v) is 6.98. The maximum absolute atomic E-state index is 6.02.